The molecule has 22 heavy (non-hydrogen) atoms. The van der Waals surface area contributed by atoms with Crippen molar-refractivity contribution in [3.05, 3.63) is 18.7 Å². The van der Waals surface area contributed by atoms with E-state index in [1.54, 1.807) is 6.20 Å². The number of imidazole rings is 1. The van der Waals surface area contributed by atoms with Crippen LogP contribution in [0.4, 0.5) is 0 Å². The highest BCUT2D eigenvalue weighted by atomic mass is 16.4. The fraction of sp³-hybridized carbons (Fsp3) is 0.667. The van der Waals surface area contributed by atoms with Crippen LogP contribution in [0.2, 0.25) is 0 Å². The highest BCUT2D eigenvalue weighted by molar-refractivity contribution is 5.88. The number of aliphatic carboxylic acids is 1. The lowest BCUT2D eigenvalue weighted by Crippen LogP contribution is -2.55. The van der Waals surface area contributed by atoms with E-state index in [9.17, 15) is 14.7 Å². The van der Waals surface area contributed by atoms with Crippen molar-refractivity contribution >= 4 is 11.9 Å². The van der Waals surface area contributed by atoms with E-state index in [1.807, 2.05) is 12.5 Å². The first kappa shape index (κ1) is 15.0. The van der Waals surface area contributed by atoms with Gasteiger partial charge in [-0.05, 0) is 25.8 Å². The van der Waals surface area contributed by atoms with Crippen LogP contribution < -0.4 is 5.32 Å². The molecule has 0 bridgehead atoms. The first-order chi connectivity index (χ1) is 10.6. The number of hydrogen-bond donors (Lipinski definition) is 2. The average Bonchev–Trinajstić information content (AvgIpc) is 3.10. The molecule has 2 aliphatic rings. The molecule has 3 rings (SSSR count). The largest absolute Gasteiger partial charge is 0.481 e. The van der Waals surface area contributed by atoms with Gasteiger partial charge < -0.3 is 19.9 Å². The van der Waals surface area contributed by atoms with Gasteiger partial charge in [-0.15, -0.1) is 0 Å². The summed E-state index contributed by atoms with van der Waals surface area (Å²) >= 11 is 0. The molecular formula is C15H22N4O3. The summed E-state index contributed by atoms with van der Waals surface area (Å²) in [5, 5.41) is 12.3. The Morgan fingerprint density at radius 1 is 1.41 bits per heavy atom. The van der Waals surface area contributed by atoms with E-state index in [0.29, 0.717) is 0 Å². The van der Waals surface area contributed by atoms with Crippen molar-refractivity contribution in [2.45, 2.75) is 37.8 Å². The van der Waals surface area contributed by atoms with Crippen molar-refractivity contribution in [2.75, 3.05) is 19.6 Å². The summed E-state index contributed by atoms with van der Waals surface area (Å²) in [6.07, 6.45) is 8.16. The van der Waals surface area contributed by atoms with Crippen molar-refractivity contribution < 1.29 is 14.7 Å². The maximum Gasteiger partial charge on any atom is 0.309 e. The van der Waals surface area contributed by atoms with E-state index in [4.69, 9.17) is 0 Å². The van der Waals surface area contributed by atoms with Crippen LogP contribution in [0.25, 0.3) is 0 Å². The molecule has 2 fully saturated rings. The van der Waals surface area contributed by atoms with Gasteiger partial charge in [0.15, 0.2) is 0 Å². The molecular weight excluding hydrogens is 284 g/mol. The molecule has 120 valence electrons. The third-order valence-electron chi connectivity index (χ3n) is 4.94. The second kappa shape index (κ2) is 6.08. The van der Waals surface area contributed by atoms with E-state index in [-0.39, 0.29) is 12.3 Å². The Balaban J connectivity index is 1.49. The number of carboxylic acid groups (broad SMARTS) is 1. The fourth-order valence-electron chi connectivity index (χ4n) is 3.67. The zero-order valence-electron chi connectivity index (χ0n) is 12.6. The van der Waals surface area contributed by atoms with Crippen LogP contribution in [0.1, 0.15) is 25.7 Å². The number of piperidine rings is 1. The Bertz CT molecular complexity index is 535. The number of likely N-dealkylation sites (tertiary alicyclic amines) is 1. The molecule has 1 amide bonds. The van der Waals surface area contributed by atoms with Crippen LogP contribution in [0.5, 0.6) is 0 Å². The van der Waals surface area contributed by atoms with E-state index in [2.05, 4.69) is 19.8 Å². The maximum atomic E-state index is 11.6. The van der Waals surface area contributed by atoms with Gasteiger partial charge in [-0.1, -0.05) is 0 Å². The average molecular weight is 306 g/mol. The molecule has 0 aliphatic carbocycles. The van der Waals surface area contributed by atoms with Crippen LogP contribution >= 0.6 is 0 Å². The second-order valence-electron chi connectivity index (χ2n) is 6.29. The summed E-state index contributed by atoms with van der Waals surface area (Å²) in [6.45, 7) is 3.61. The Labute approximate surface area is 129 Å². The number of carboxylic acids is 1. The molecule has 2 aliphatic heterocycles. The minimum Gasteiger partial charge on any atom is -0.481 e. The number of hydrogen-bond acceptors (Lipinski definition) is 4. The quantitative estimate of drug-likeness (QED) is 0.818. The van der Waals surface area contributed by atoms with E-state index >= 15 is 0 Å². The summed E-state index contributed by atoms with van der Waals surface area (Å²) < 4.78 is 2.06. The molecule has 2 N–H and O–H groups in total. The summed E-state index contributed by atoms with van der Waals surface area (Å²) in [5.41, 5.74) is -0.524. The van der Waals surface area contributed by atoms with Crippen molar-refractivity contribution in [3.63, 3.8) is 0 Å². The smallest absolute Gasteiger partial charge is 0.309 e. The summed E-state index contributed by atoms with van der Waals surface area (Å²) in [6, 6.07) is 0. The van der Waals surface area contributed by atoms with Gasteiger partial charge in [0.2, 0.25) is 5.91 Å². The fourth-order valence-corrected chi connectivity index (χ4v) is 3.67. The molecule has 1 aromatic heterocycles. The van der Waals surface area contributed by atoms with Crippen molar-refractivity contribution in [1.29, 1.82) is 0 Å². The normalized spacial score (nSPS) is 24.5. The minimum absolute atomic E-state index is 0.121. The third-order valence-corrected chi connectivity index (χ3v) is 4.94. The van der Waals surface area contributed by atoms with Crippen molar-refractivity contribution in [2.24, 2.45) is 5.92 Å². The number of amides is 1. The molecule has 3 heterocycles. The first-order valence-electron chi connectivity index (χ1n) is 7.81. The van der Waals surface area contributed by atoms with Crippen LogP contribution in [-0.2, 0) is 16.1 Å². The summed E-state index contributed by atoms with van der Waals surface area (Å²) in [4.78, 5) is 29.4. The second-order valence-corrected chi connectivity index (χ2v) is 6.29. The number of carbonyl (C=O) groups excluding carboxylic acids is 1. The van der Waals surface area contributed by atoms with E-state index in [0.717, 1.165) is 45.4 Å². The Kier molecular flexibility index (Phi) is 4.15. The molecule has 0 aromatic carbocycles. The first-order valence-corrected chi connectivity index (χ1v) is 7.81. The zero-order chi connectivity index (χ0) is 15.6. The predicted octanol–water partition coefficient (Wildman–Crippen LogP) is 0.328. The highest BCUT2D eigenvalue weighted by Gasteiger charge is 2.51. The van der Waals surface area contributed by atoms with E-state index < -0.39 is 17.4 Å². The Morgan fingerprint density at radius 2 is 2.18 bits per heavy atom. The third kappa shape index (κ3) is 2.99. The van der Waals surface area contributed by atoms with Gasteiger partial charge in [0.25, 0.3) is 0 Å². The lowest BCUT2D eigenvalue weighted by atomic mass is 9.77. The van der Waals surface area contributed by atoms with Crippen molar-refractivity contribution in [1.82, 2.24) is 19.8 Å². The lowest BCUT2D eigenvalue weighted by molar-refractivity contribution is -0.144. The van der Waals surface area contributed by atoms with Gasteiger partial charge in [0.05, 0.1) is 17.8 Å². The molecule has 1 aromatic rings. The van der Waals surface area contributed by atoms with Crippen LogP contribution in [-0.4, -0.2) is 56.6 Å². The summed E-state index contributed by atoms with van der Waals surface area (Å²) in [7, 11) is 0. The monoisotopic (exact) mass is 306 g/mol. The molecule has 7 heteroatoms. The molecule has 1 atom stereocenters. The number of aromatic nitrogens is 2. The van der Waals surface area contributed by atoms with E-state index in [1.165, 1.54) is 0 Å². The number of aryl methyl sites for hydroxylation is 1. The van der Waals surface area contributed by atoms with Gasteiger partial charge in [-0.25, -0.2) is 4.98 Å². The minimum atomic E-state index is -0.855. The number of carbonyl (C=O) groups is 2. The predicted molar refractivity (Wildman–Crippen MR) is 79.1 cm³/mol. The van der Waals surface area contributed by atoms with Gasteiger partial charge in [0, 0.05) is 38.4 Å². The number of nitrogens with one attached hydrogen (secondary N) is 1. The zero-order valence-corrected chi connectivity index (χ0v) is 12.6. The van der Waals surface area contributed by atoms with Crippen LogP contribution in [0, 0.1) is 5.92 Å². The topological polar surface area (TPSA) is 87.5 Å². The Hall–Kier alpha value is -1.89. The lowest BCUT2D eigenvalue weighted by Gasteiger charge is -2.41. The molecule has 1 spiro atoms. The van der Waals surface area contributed by atoms with Gasteiger partial charge >= 0.3 is 5.97 Å². The summed E-state index contributed by atoms with van der Waals surface area (Å²) in [5.74, 6) is -1.55. The Morgan fingerprint density at radius 3 is 2.82 bits per heavy atom. The molecule has 0 radical (unpaired) electrons. The van der Waals surface area contributed by atoms with Gasteiger partial charge in [-0.3, -0.25) is 9.59 Å². The number of nitrogens with zero attached hydrogens (tertiary/aromatic N) is 3. The standard InChI is InChI=1S/C15H22N4O3/c20-13-10-12(14(21)22)15(17-13)2-7-18(8-3-15)5-1-6-19-9-4-16-11-19/h4,9,11-12H,1-3,5-8,10H2,(H,17,20)(H,21,22)/t12-/m1/s1. The van der Waals surface area contributed by atoms with Crippen LogP contribution in [0.15, 0.2) is 18.7 Å². The van der Waals surface area contributed by atoms with Crippen LogP contribution in [0.3, 0.4) is 0 Å². The molecule has 2 saturated heterocycles. The van der Waals surface area contributed by atoms with Gasteiger partial charge in [0.1, 0.15) is 0 Å². The molecule has 7 nitrogen and oxygen atoms in total. The SMILES string of the molecule is O=C1C[C@H](C(=O)O)C2(CCN(CCCn3ccnc3)CC2)N1. The molecule has 0 unspecified atom stereocenters. The van der Waals surface area contributed by atoms with Gasteiger partial charge in [-0.2, -0.15) is 0 Å². The molecule has 0 saturated carbocycles. The highest BCUT2D eigenvalue weighted by Crippen LogP contribution is 2.36. The van der Waals surface area contributed by atoms with Crippen molar-refractivity contribution in [3.8, 4) is 0 Å². The number of rotatable bonds is 5. The maximum absolute atomic E-state index is 11.6.